The smallest absolute Gasteiger partial charge is 0.337 e. The van der Waals surface area contributed by atoms with Gasteiger partial charge in [0.15, 0.2) is 0 Å². The van der Waals surface area contributed by atoms with Crippen molar-refractivity contribution in [1.82, 2.24) is 0 Å². The van der Waals surface area contributed by atoms with Crippen molar-refractivity contribution < 1.29 is 14.8 Å². The minimum absolute atomic E-state index is 0.104. The van der Waals surface area contributed by atoms with E-state index in [0.29, 0.717) is 0 Å². The summed E-state index contributed by atoms with van der Waals surface area (Å²) in [6, 6.07) is 2.14. The average molecular weight is 231 g/mol. The third kappa shape index (κ3) is 2.16. The zero-order valence-corrected chi connectivity index (χ0v) is 8.41. The third-order valence-electron chi connectivity index (χ3n) is 1.78. The third-order valence-corrected chi connectivity index (χ3v) is 2.09. The SMILES string of the molecule is CNc1cc([N+](=O)[O-])c(Cl)cc1C(=O)O. The van der Waals surface area contributed by atoms with Gasteiger partial charge in [0.2, 0.25) is 0 Å². The first kappa shape index (κ1) is 11.3. The molecule has 15 heavy (non-hydrogen) atoms. The maximum absolute atomic E-state index is 10.7. The van der Waals surface area contributed by atoms with E-state index in [1.54, 1.807) is 0 Å². The van der Waals surface area contributed by atoms with E-state index in [4.69, 9.17) is 16.7 Å². The Hall–Kier alpha value is -1.82. The van der Waals surface area contributed by atoms with Gasteiger partial charge in [-0.3, -0.25) is 10.1 Å². The normalized spacial score (nSPS) is 9.73. The van der Waals surface area contributed by atoms with Gasteiger partial charge in [-0.25, -0.2) is 4.79 Å². The summed E-state index contributed by atoms with van der Waals surface area (Å²) in [4.78, 5) is 20.6. The number of nitro benzene ring substituents is 1. The molecule has 0 aliphatic heterocycles. The van der Waals surface area contributed by atoms with Crippen LogP contribution in [0.1, 0.15) is 10.4 Å². The molecule has 0 amide bonds. The van der Waals surface area contributed by atoms with E-state index in [1.165, 1.54) is 7.05 Å². The molecule has 0 atom stereocenters. The lowest BCUT2D eigenvalue weighted by Crippen LogP contribution is -2.04. The van der Waals surface area contributed by atoms with E-state index >= 15 is 0 Å². The zero-order chi connectivity index (χ0) is 11.6. The van der Waals surface area contributed by atoms with Gasteiger partial charge in [-0.1, -0.05) is 11.6 Å². The fraction of sp³-hybridized carbons (Fsp3) is 0.125. The molecule has 6 nitrogen and oxygen atoms in total. The second-order valence-electron chi connectivity index (χ2n) is 2.66. The number of rotatable bonds is 3. The van der Waals surface area contributed by atoms with Crippen molar-refractivity contribution in [2.75, 3.05) is 12.4 Å². The van der Waals surface area contributed by atoms with Crippen LogP contribution in [0.25, 0.3) is 0 Å². The summed E-state index contributed by atoms with van der Waals surface area (Å²) in [5.74, 6) is -1.20. The van der Waals surface area contributed by atoms with E-state index in [0.717, 1.165) is 12.1 Å². The van der Waals surface area contributed by atoms with E-state index in [9.17, 15) is 14.9 Å². The largest absolute Gasteiger partial charge is 0.478 e. The number of benzene rings is 1. The standard InChI is InChI=1S/C8H7ClN2O4/c1-10-6-3-7(11(14)15)5(9)2-4(6)8(12)13/h2-3,10H,1H3,(H,12,13). The van der Waals surface area contributed by atoms with Crippen molar-refractivity contribution in [3.63, 3.8) is 0 Å². The topological polar surface area (TPSA) is 92.5 Å². The lowest BCUT2D eigenvalue weighted by molar-refractivity contribution is -0.384. The quantitative estimate of drug-likeness (QED) is 0.612. The molecule has 2 N–H and O–H groups in total. The number of anilines is 1. The van der Waals surface area contributed by atoms with Gasteiger partial charge in [-0.05, 0) is 6.07 Å². The highest BCUT2D eigenvalue weighted by atomic mass is 35.5. The molecular formula is C8H7ClN2O4. The highest BCUT2D eigenvalue weighted by molar-refractivity contribution is 6.33. The van der Waals surface area contributed by atoms with Crippen molar-refractivity contribution in [3.8, 4) is 0 Å². The molecule has 7 heteroatoms. The number of nitro groups is 1. The molecule has 0 saturated carbocycles. The van der Waals surface area contributed by atoms with Gasteiger partial charge >= 0.3 is 5.97 Å². The maximum Gasteiger partial charge on any atom is 0.337 e. The van der Waals surface area contributed by atoms with Gasteiger partial charge in [0.25, 0.3) is 5.69 Å². The summed E-state index contributed by atoms with van der Waals surface area (Å²) < 4.78 is 0. The van der Waals surface area contributed by atoms with E-state index in [2.05, 4.69) is 5.32 Å². The number of aromatic carboxylic acids is 1. The lowest BCUT2D eigenvalue weighted by Gasteiger charge is -2.05. The van der Waals surface area contributed by atoms with E-state index in [-0.39, 0.29) is 22.0 Å². The Morgan fingerprint density at radius 2 is 2.20 bits per heavy atom. The number of nitrogens with zero attached hydrogens (tertiary/aromatic N) is 1. The highest BCUT2D eigenvalue weighted by Crippen LogP contribution is 2.30. The molecule has 1 aromatic carbocycles. The lowest BCUT2D eigenvalue weighted by atomic mass is 10.1. The molecular weight excluding hydrogens is 224 g/mol. The number of hydrogen-bond donors (Lipinski definition) is 2. The predicted molar refractivity (Wildman–Crippen MR) is 54.6 cm³/mol. The highest BCUT2D eigenvalue weighted by Gasteiger charge is 2.19. The van der Waals surface area contributed by atoms with Crippen molar-refractivity contribution in [1.29, 1.82) is 0 Å². The number of carbonyl (C=O) groups is 1. The van der Waals surface area contributed by atoms with Crippen LogP contribution in [0.2, 0.25) is 5.02 Å². The van der Waals surface area contributed by atoms with Crippen molar-refractivity contribution in [3.05, 3.63) is 32.8 Å². The fourth-order valence-electron chi connectivity index (χ4n) is 1.09. The van der Waals surface area contributed by atoms with Gasteiger partial charge in [-0.2, -0.15) is 0 Å². The van der Waals surface area contributed by atoms with Gasteiger partial charge in [0, 0.05) is 13.1 Å². The molecule has 0 radical (unpaired) electrons. The second-order valence-corrected chi connectivity index (χ2v) is 3.07. The Labute approximate surface area is 89.6 Å². The summed E-state index contributed by atoms with van der Waals surface area (Å²) in [5, 5.41) is 21.7. The number of carboxylic acids is 1. The summed E-state index contributed by atoms with van der Waals surface area (Å²) >= 11 is 5.56. The van der Waals surface area contributed by atoms with Gasteiger partial charge in [0.05, 0.1) is 16.2 Å². The average Bonchev–Trinajstić information content (AvgIpc) is 2.16. The number of carboxylic acid groups (broad SMARTS) is 1. The monoisotopic (exact) mass is 230 g/mol. The molecule has 0 bridgehead atoms. The Balaban J connectivity index is 3.42. The summed E-state index contributed by atoms with van der Waals surface area (Å²) in [7, 11) is 1.47. The molecule has 0 heterocycles. The van der Waals surface area contributed by atoms with Crippen LogP contribution >= 0.6 is 11.6 Å². The Bertz CT molecular complexity index is 433. The van der Waals surface area contributed by atoms with Crippen LogP contribution in [-0.2, 0) is 0 Å². The molecule has 0 aromatic heterocycles. The molecule has 0 aliphatic carbocycles. The first-order valence-electron chi connectivity index (χ1n) is 3.86. The summed E-state index contributed by atoms with van der Waals surface area (Å²) in [6.45, 7) is 0. The predicted octanol–water partition coefficient (Wildman–Crippen LogP) is 1.99. The van der Waals surface area contributed by atoms with Gasteiger partial charge in [-0.15, -0.1) is 0 Å². The van der Waals surface area contributed by atoms with E-state index in [1.807, 2.05) is 0 Å². The molecule has 0 unspecified atom stereocenters. The van der Waals surface area contributed by atoms with Gasteiger partial charge < -0.3 is 10.4 Å². The molecule has 1 rings (SSSR count). The molecule has 0 aliphatic rings. The van der Waals surface area contributed by atoms with Crippen molar-refractivity contribution >= 4 is 28.9 Å². The summed E-state index contributed by atoms with van der Waals surface area (Å²) in [6.07, 6.45) is 0. The van der Waals surface area contributed by atoms with Crippen LogP contribution < -0.4 is 5.32 Å². The maximum atomic E-state index is 10.7. The number of nitrogens with one attached hydrogen (secondary N) is 1. The van der Waals surface area contributed by atoms with E-state index < -0.39 is 10.9 Å². The molecule has 80 valence electrons. The zero-order valence-electron chi connectivity index (χ0n) is 7.65. The van der Waals surface area contributed by atoms with Crippen LogP contribution in [0.5, 0.6) is 0 Å². The van der Waals surface area contributed by atoms with Gasteiger partial charge in [0.1, 0.15) is 5.02 Å². The molecule has 0 spiro atoms. The van der Waals surface area contributed by atoms with Crippen LogP contribution in [0.4, 0.5) is 11.4 Å². The minimum Gasteiger partial charge on any atom is -0.478 e. The number of hydrogen-bond acceptors (Lipinski definition) is 4. The van der Waals surface area contributed by atoms with Crippen molar-refractivity contribution in [2.24, 2.45) is 0 Å². The Morgan fingerprint density at radius 3 is 2.60 bits per heavy atom. The minimum atomic E-state index is -1.20. The van der Waals surface area contributed by atoms with Crippen LogP contribution in [-0.4, -0.2) is 23.0 Å². The van der Waals surface area contributed by atoms with Crippen LogP contribution in [0.15, 0.2) is 12.1 Å². The summed E-state index contributed by atoms with van der Waals surface area (Å²) in [5.41, 5.74) is -0.280. The molecule has 0 fully saturated rings. The number of halogens is 1. The Morgan fingerprint density at radius 1 is 1.60 bits per heavy atom. The Kier molecular flexibility index (Phi) is 3.11. The molecule has 0 saturated heterocycles. The van der Waals surface area contributed by atoms with Crippen LogP contribution in [0.3, 0.4) is 0 Å². The van der Waals surface area contributed by atoms with Crippen molar-refractivity contribution in [2.45, 2.75) is 0 Å². The second kappa shape index (κ2) is 4.14. The first-order valence-corrected chi connectivity index (χ1v) is 4.24. The fourth-order valence-corrected chi connectivity index (χ4v) is 1.32. The molecule has 1 aromatic rings. The first-order chi connectivity index (χ1) is 6.97. The van der Waals surface area contributed by atoms with Crippen LogP contribution in [0, 0.1) is 10.1 Å².